The number of amides is 1. The van der Waals surface area contributed by atoms with Crippen LogP contribution < -0.4 is 11.0 Å². The molecule has 1 aromatic carbocycles. The first-order valence-electron chi connectivity index (χ1n) is 7.04. The van der Waals surface area contributed by atoms with E-state index in [1.54, 1.807) is 0 Å². The fourth-order valence-electron chi connectivity index (χ4n) is 1.88. The molecule has 116 valence electrons. The van der Waals surface area contributed by atoms with Gasteiger partial charge >= 0.3 is 5.69 Å². The molecule has 0 bridgehead atoms. The van der Waals surface area contributed by atoms with E-state index in [0.717, 1.165) is 11.3 Å². The number of thioether (sulfide) groups is 1. The number of nitrogens with zero attached hydrogens (tertiary/aromatic N) is 1. The zero-order valence-electron chi connectivity index (χ0n) is 12.8. The number of hydrogen-bond donors (Lipinski definition) is 2. The molecular weight excluding hydrogens is 298 g/mol. The molecule has 0 aliphatic rings. The summed E-state index contributed by atoms with van der Waals surface area (Å²) in [6, 6.07) is 7.82. The Kier molecular flexibility index (Phi) is 5.38. The Morgan fingerprint density at radius 2 is 2.00 bits per heavy atom. The van der Waals surface area contributed by atoms with Crippen LogP contribution in [0.3, 0.4) is 0 Å². The summed E-state index contributed by atoms with van der Waals surface area (Å²) < 4.78 is 0. The van der Waals surface area contributed by atoms with Gasteiger partial charge in [-0.2, -0.15) is 0 Å². The summed E-state index contributed by atoms with van der Waals surface area (Å²) in [4.78, 5) is 29.4. The van der Waals surface area contributed by atoms with Gasteiger partial charge in [0.25, 0.3) is 0 Å². The van der Waals surface area contributed by atoms with Gasteiger partial charge in [-0.1, -0.05) is 37.7 Å². The van der Waals surface area contributed by atoms with Crippen LogP contribution in [0, 0.1) is 6.92 Å². The monoisotopic (exact) mass is 317 g/mol. The molecule has 2 N–H and O–H groups in total. The Labute approximate surface area is 133 Å². The number of anilines is 1. The number of rotatable bonds is 5. The number of H-pyrrole nitrogens is 1. The fourth-order valence-corrected chi connectivity index (χ4v) is 2.67. The second kappa shape index (κ2) is 7.26. The second-order valence-electron chi connectivity index (χ2n) is 5.31. The fraction of sp³-hybridized carbons (Fsp3) is 0.312. The first-order chi connectivity index (χ1) is 10.5. The lowest BCUT2D eigenvalue weighted by atomic mass is 10.0. The molecule has 0 spiro atoms. The third kappa shape index (κ3) is 4.46. The Balaban J connectivity index is 1.92. The maximum absolute atomic E-state index is 12.0. The van der Waals surface area contributed by atoms with Gasteiger partial charge in [0.1, 0.15) is 0 Å². The number of hydrogen-bond acceptors (Lipinski definition) is 4. The van der Waals surface area contributed by atoms with E-state index >= 15 is 0 Å². The number of carbonyl (C=O) groups is 1. The third-order valence-corrected chi connectivity index (χ3v) is 4.28. The summed E-state index contributed by atoms with van der Waals surface area (Å²) in [5, 5.41) is 3.52. The molecule has 0 radical (unpaired) electrons. The SMILES string of the molecule is Cc1cnc(=O)[nH]c1SCC(=O)Nc1ccc(C(C)C)cc1. The Bertz CT molecular complexity index is 708. The molecule has 0 aliphatic heterocycles. The lowest BCUT2D eigenvalue weighted by molar-refractivity contribution is -0.113. The van der Waals surface area contributed by atoms with Crippen molar-refractivity contribution in [1.29, 1.82) is 0 Å². The van der Waals surface area contributed by atoms with Crippen LogP contribution in [-0.4, -0.2) is 21.6 Å². The van der Waals surface area contributed by atoms with Gasteiger partial charge in [-0.3, -0.25) is 4.79 Å². The molecule has 6 heteroatoms. The van der Waals surface area contributed by atoms with Crippen molar-refractivity contribution in [1.82, 2.24) is 9.97 Å². The molecule has 1 amide bonds. The zero-order chi connectivity index (χ0) is 16.1. The molecule has 0 saturated carbocycles. The maximum atomic E-state index is 12.0. The van der Waals surface area contributed by atoms with Gasteiger partial charge in [-0.25, -0.2) is 9.78 Å². The van der Waals surface area contributed by atoms with Crippen LogP contribution in [0.5, 0.6) is 0 Å². The van der Waals surface area contributed by atoms with Crippen molar-refractivity contribution in [3.05, 3.63) is 52.1 Å². The summed E-state index contributed by atoms with van der Waals surface area (Å²) in [7, 11) is 0. The highest BCUT2D eigenvalue weighted by Gasteiger charge is 2.07. The highest BCUT2D eigenvalue weighted by atomic mass is 32.2. The van der Waals surface area contributed by atoms with Crippen molar-refractivity contribution in [2.75, 3.05) is 11.1 Å². The summed E-state index contributed by atoms with van der Waals surface area (Å²) in [5.41, 5.74) is 2.45. The standard InChI is InChI=1S/C16H19N3O2S/c1-10(2)12-4-6-13(7-5-12)18-14(20)9-22-15-11(3)8-17-16(21)19-15/h4-8,10H,9H2,1-3H3,(H,18,20)(H,17,19,21). The van der Waals surface area contributed by atoms with E-state index in [2.05, 4.69) is 29.1 Å². The van der Waals surface area contributed by atoms with Gasteiger partial charge in [-0.05, 0) is 36.1 Å². The molecule has 0 unspecified atom stereocenters. The number of aryl methyl sites for hydroxylation is 1. The maximum Gasteiger partial charge on any atom is 0.345 e. The smallest absolute Gasteiger partial charge is 0.325 e. The van der Waals surface area contributed by atoms with Gasteiger partial charge < -0.3 is 10.3 Å². The number of benzene rings is 1. The highest BCUT2D eigenvalue weighted by molar-refractivity contribution is 8.00. The van der Waals surface area contributed by atoms with Crippen LogP contribution in [0.2, 0.25) is 0 Å². The van der Waals surface area contributed by atoms with E-state index in [1.165, 1.54) is 23.5 Å². The highest BCUT2D eigenvalue weighted by Crippen LogP contribution is 2.19. The Morgan fingerprint density at radius 1 is 1.32 bits per heavy atom. The predicted octanol–water partition coefficient (Wildman–Crippen LogP) is 2.93. The minimum atomic E-state index is -0.405. The lowest BCUT2D eigenvalue weighted by Gasteiger charge is -2.09. The quantitative estimate of drug-likeness (QED) is 0.657. The van der Waals surface area contributed by atoms with Gasteiger partial charge in [0.05, 0.1) is 10.8 Å². The van der Waals surface area contributed by atoms with Crippen molar-refractivity contribution < 1.29 is 4.79 Å². The van der Waals surface area contributed by atoms with Crippen LogP contribution in [0.1, 0.15) is 30.9 Å². The van der Waals surface area contributed by atoms with Crippen LogP contribution in [0.4, 0.5) is 5.69 Å². The van der Waals surface area contributed by atoms with Crippen molar-refractivity contribution in [3.8, 4) is 0 Å². The first kappa shape index (κ1) is 16.3. The van der Waals surface area contributed by atoms with Gasteiger partial charge in [0.15, 0.2) is 0 Å². The number of carbonyl (C=O) groups excluding carboxylic acids is 1. The molecule has 0 fully saturated rings. The van der Waals surface area contributed by atoms with Crippen LogP contribution in [0.25, 0.3) is 0 Å². The predicted molar refractivity (Wildman–Crippen MR) is 89.5 cm³/mol. The molecule has 0 aliphatic carbocycles. The largest absolute Gasteiger partial charge is 0.345 e. The van der Waals surface area contributed by atoms with Crippen molar-refractivity contribution in [2.45, 2.75) is 31.7 Å². The average Bonchev–Trinajstić information content (AvgIpc) is 2.49. The zero-order valence-corrected chi connectivity index (χ0v) is 13.7. The summed E-state index contributed by atoms with van der Waals surface area (Å²) in [6.07, 6.45) is 1.50. The minimum absolute atomic E-state index is 0.112. The first-order valence-corrected chi connectivity index (χ1v) is 8.03. The van der Waals surface area contributed by atoms with E-state index in [9.17, 15) is 9.59 Å². The van der Waals surface area contributed by atoms with E-state index in [0.29, 0.717) is 10.9 Å². The van der Waals surface area contributed by atoms with E-state index in [1.807, 2.05) is 31.2 Å². The van der Waals surface area contributed by atoms with E-state index in [4.69, 9.17) is 0 Å². The number of aromatic nitrogens is 2. The molecule has 2 aromatic rings. The van der Waals surface area contributed by atoms with Crippen LogP contribution >= 0.6 is 11.8 Å². The minimum Gasteiger partial charge on any atom is -0.325 e. The van der Waals surface area contributed by atoms with Crippen molar-refractivity contribution >= 4 is 23.4 Å². The lowest BCUT2D eigenvalue weighted by Crippen LogP contribution is -2.16. The van der Waals surface area contributed by atoms with Gasteiger partial charge in [0, 0.05) is 11.9 Å². The molecule has 5 nitrogen and oxygen atoms in total. The Hall–Kier alpha value is -2.08. The van der Waals surface area contributed by atoms with Crippen molar-refractivity contribution in [3.63, 3.8) is 0 Å². The topological polar surface area (TPSA) is 74.8 Å². The number of aromatic amines is 1. The molecule has 0 atom stereocenters. The van der Waals surface area contributed by atoms with Gasteiger partial charge in [0.2, 0.25) is 5.91 Å². The average molecular weight is 317 g/mol. The molecule has 1 heterocycles. The third-order valence-electron chi connectivity index (χ3n) is 3.16. The molecular formula is C16H19N3O2S. The summed E-state index contributed by atoms with van der Waals surface area (Å²) >= 11 is 1.29. The van der Waals surface area contributed by atoms with Crippen LogP contribution in [0.15, 0.2) is 40.3 Å². The molecule has 1 aromatic heterocycles. The summed E-state index contributed by atoms with van der Waals surface area (Å²) in [6.45, 7) is 6.10. The second-order valence-corrected chi connectivity index (χ2v) is 6.30. The molecule has 22 heavy (non-hydrogen) atoms. The molecule has 0 saturated heterocycles. The summed E-state index contributed by atoms with van der Waals surface area (Å²) in [5.74, 6) is 0.582. The van der Waals surface area contributed by atoms with Crippen LogP contribution in [-0.2, 0) is 4.79 Å². The van der Waals surface area contributed by atoms with E-state index < -0.39 is 5.69 Å². The van der Waals surface area contributed by atoms with E-state index in [-0.39, 0.29) is 11.7 Å². The normalized spacial score (nSPS) is 10.7. The van der Waals surface area contributed by atoms with Crippen molar-refractivity contribution in [2.24, 2.45) is 0 Å². The number of nitrogens with one attached hydrogen (secondary N) is 2. The molecule has 2 rings (SSSR count). The Morgan fingerprint density at radius 3 is 2.64 bits per heavy atom. The van der Waals surface area contributed by atoms with Gasteiger partial charge in [-0.15, -0.1) is 0 Å².